The molecule has 0 aromatic heterocycles. The van der Waals surface area contributed by atoms with Crippen molar-refractivity contribution in [1.29, 1.82) is 0 Å². The fraction of sp³-hybridized carbons (Fsp3) is 0.238. The summed E-state index contributed by atoms with van der Waals surface area (Å²) in [4.78, 5) is 49.0. The first-order valence-electron chi connectivity index (χ1n) is 8.89. The van der Waals surface area contributed by atoms with Crippen LogP contribution in [0.5, 0.6) is 0 Å². The lowest BCUT2D eigenvalue weighted by Crippen LogP contribution is -2.32. The van der Waals surface area contributed by atoms with Crippen molar-refractivity contribution in [1.82, 2.24) is 4.90 Å². The molecule has 0 bridgehead atoms. The normalized spacial score (nSPS) is 13.9. The summed E-state index contributed by atoms with van der Waals surface area (Å²) in [7, 11) is 0. The Kier molecular flexibility index (Phi) is 5.54. The Hall–Kier alpha value is -3.48. The Bertz CT molecular complexity index is 918. The van der Waals surface area contributed by atoms with Crippen molar-refractivity contribution in [3.63, 3.8) is 0 Å². The summed E-state index contributed by atoms with van der Waals surface area (Å²) < 4.78 is 5.40. The first kappa shape index (κ1) is 19.3. The highest BCUT2D eigenvalue weighted by Gasteiger charge is 2.35. The summed E-state index contributed by atoms with van der Waals surface area (Å²) in [6.45, 7) is 3.09. The van der Waals surface area contributed by atoms with Crippen molar-refractivity contribution in [2.45, 2.75) is 26.4 Å². The van der Waals surface area contributed by atoms with E-state index in [9.17, 15) is 19.2 Å². The van der Waals surface area contributed by atoms with Gasteiger partial charge in [-0.25, -0.2) is 0 Å². The molecule has 0 saturated heterocycles. The van der Waals surface area contributed by atoms with E-state index in [1.54, 1.807) is 55.5 Å². The zero-order valence-corrected chi connectivity index (χ0v) is 15.6. The molecule has 144 valence electrons. The van der Waals surface area contributed by atoms with E-state index in [1.165, 1.54) is 6.92 Å². The minimum absolute atomic E-state index is 0.0379. The molecule has 28 heavy (non-hydrogen) atoms. The number of ether oxygens (including phenoxy) is 1. The minimum Gasteiger partial charge on any atom is -0.458 e. The van der Waals surface area contributed by atoms with Gasteiger partial charge >= 0.3 is 5.97 Å². The van der Waals surface area contributed by atoms with E-state index in [-0.39, 0.29) is 18.9 Å². The van der Waals surface area contributed by atoms with Gasteiger partial charge in [0.1, 0.15) is 6.10 Å². The molecular weight excluding hydrogens is 360 g/mol. The molecule has 0 saturated carbocycles. The van der Waals surface area contributed by atoms with Crippen LogP contribution in [0.2, 0.25) is 0 Å². The first-order chi connectivity index (χ1) is 13.4. The third-order valence-electron chi connectivity index (χ3n) is 4.40. The average molecular weight is 380 g/mol. The van der Waals surface area contributed by atoms with E-state index in [0.717, 1.165) is 10.5 Å². The highest BCUT2D eigenvalue weighted by atomic mass is 16.5. The smallest absolute Gasteiger partial charge is 0.308 e. The number of anilines is 1. The van der Waals surface area contributed by atoms with Crippen LogP contribution in [0.25, 0.3) is 0 Å². The molecule has 1 heterocycles. The van der Waals surface area contributed by atoms with Crippen LogP contribution >= 0.6 is 0 Å². The van der Waals surface area contributed by atoms with Crippen LogP contribution in [-0.2, 0) is 14.3 Å². The molecule has 7 nitrogen and oxygen atoms in total. The second kappa shape index (κ2) is 8.04. The SMILES string of the molecule is CC(=O)Nc1cccc([C@H](C)OC(=O)CCN2C(=O)c3ccccc3C2=O)c1. The van der Waals surface area contributed by atoms with Crippen molar-refractivity contribution >= 4 is 29.4 Å². The standard InChI is InChI=1S/C21H20N2O5/c1-13(15-6-5-7-16(12-15)22-14(2)24)28-19(25)10-11-23-20(26)17-8-3-4-9-18(17)21(23)27/h3-9,12-13H,10-11H2,1-2H3,(H,22,24)/t13-/m0/s1. The Balaban J connectivity index is 1.57. The van der Waals surface area contributed by atoms with Gasteiger partial charge in [-0.2, -0.15) is 0 Å². The fourth-order valence-corrected chi connectivity index (χ4v) is 3.04. The summed E-state index contributed by atoms with van der Waals surface area (Å²) in [5.74, 6) is -1.51. The van der Waals surface area contributed by atoms with Crippen molar-refractivity contribution in [2.24, 2.45) is 0 Å². The number of rotatable bonds is 6. The number of amides is 3. The van der Waals surface area contributed by atoms with Gasteiger partial charge in [0, 0.05) is 19.2 Å². The summed E-state index contributed by atoms with van der Waals surface area (Å²) >= 11 is 0. The van der Waals surface area contributed by atoms with E-state index in [1.807, 2.05) is 0 Å². The number of nitrogens with zero attached hydrogens (tertiary/aromatic N) is 1. The molecular formula is C21H20N2O5. The fourth-order valence-electron chi connectivity index (χ4n) is 3.04. The zero-order chi connectivity index (χ0) is 20.3. The summed E-state index contributed by atoms with van der Waals surface area (Å²) in [5.41, 5.74) is 2.03. The van der Waals surface area contributed by atoms with Crippen LogP contribution in [0.1, 0.15) is 52.7 Å². The van der Waals surface area contributed by atoms with Gasteiger partial charge in [0.25, 0.3) is 11.8 Å². The van der Waals surface area contributed by atoms with E-state index in [4.69, 9.17) is 4.74 Å². The summed E-state index contributed by atoms with van der Waals surface area (Å²) in [6.07, 6.45) is -0.635. The maximum absolute atomic E-state index is 12.3. The summed E-state index contributed by atoms with van der Waals surface area (Å²) in [5, 5.41) is 2.67. The van der Waals surface area contributed by atoms with Gasteiger partial charge in [0.2, 0.25) is 5.91 Å². The van der Waals surface area contributed by atoms with Crippen LogP contribution in [-0.4, -0.2) is 35.1 Å². The number of hydrogen-bond acceptors (Lipinski definition) is 5. The molecule has 0 unspecified atom stereocenters. The molecule has 0 radical (unpaired) electrons. The zero-order valence-electron chi connectivity index (χ0n) is 15.6. The molecule has 1 aliphatic heterocycles. The molecule has 0 aliphatic carbocycles. The van der Waals surface area contributed by atoms with Crippen molar-refractivity contribution < 1.29 is 23.9 Å². The Morgan fingerprint density at radius 1 is 1.04 bits per heavy atom. The Morgan fingerprint density at radius 2 is 1.68 bits per heavy atom. The van der Waals surface area contributed by atoms with Gasteiger partial charge in [-0.3, -0.25) is 24.1 Å². The topological polar surface area (TPSA) is 92.8 Å². The molecule has 3 amide bonds. The Morgan fingerprint density at radius 3 is 2.29 bits per heavy atom. The molecule has 1 atom stereocenters. The first-order valence-corrected chi connectivity index (χ1v) is 8.89. The maximum atomic E-state index is 12.3. The highest BCUT2D eigenvalue weighted by molar-refractivity contribution is 6.21. The molecule has 3 rings (SSSR count). The molecule has 1 N–H and O–H groups in total. The number of benzene rings is 2. The van der Waals surface area contributed by atoms with Crippen LogP contribution in [0.4, 0.5) is 5.69 Å². The van der Waals surface area contributed by atoms with Gasteiger partial charge in [0.15, 0.2) is 0 Å². The molecule has 2 aromatic carbocycles. The van der Waals surface area contributed by atoms with E-state index in [0.29, 0.717) is 16.8 Å². The van der Waals surface area contributed by atoms with Crippen LogP contribution in [0.15, 0.2) is 48.5 Å². The van der Waals surface area contributed by atoms with E-state index < -0.39 is 23.9 Å². The number of carbonyl (C=O) groups is 4. The largest absolute Gasteiger partial charge is 0.458 e. The lowest BCUT2D eigenvalue weighted by atomic mass is 10.1. The van der Waals surface area contributed by atoms with Gasteiger partial charge in [0.05, 0.1) is 17.5 Å². The lowest BCUT2D eigenvalue weighted by molar-refractivity contribution is -0.148. The summed E-state index contributed by atoms with van der Waals surface area (Å²) in [6, 6.07) is 13.6. The third kappa shape index (κ3) is 4.09. The number of hydrogen-bond donors (Lipinski definition) is 1. The number of fused-ring (bicyclic) bond motifs is 1. The van der Waals surface area contributed by atoms with E-state index >= 15 is 0 Å². The van der Waals surface area contributed by atoms with Gasteiger partial charge in [-0.1, -0.05) is 24.3 Å². The number of imide groups is 1. The number of nitrogens with one attached hydrogen (secondary N) is 1. The second-order valence-electron chi connectivity index (χ2n) is 6.50. The Labute approximate surface area is 162 Å². The van der Waals surface area contributed by atoms with Crippen molar-refractivity contribution in [3.8, 4) is 0 Å². The predicted molar refractivity (Wildman–Crippen MR) is 102 cm³/mol. The molecule has 0 spiro atoms. The number of esters is 1. The van der Waals surface area contributed by atoms with Crippen molar-refractivity contribution in [2.75, 3.05) is 11.9 Å². The second-order valence-corrected chi connectivity index (χ2v) is 6.50. The predicted octanol–water partition coefficient (Wildman–Crippen LogP) is 2.94. The van der Waals surface area contributed by atoms with Crippen molar-refractivity contribution in [3.05, 3.63) is 65.2 Å². The average Bonchev–Trinajstić information content (AvgIpc) is 2.90. The third-order valence-corrected chi connectivity index (χ3v) is 4.40. The lowest BCUT2D eigenvalue weighted by Gasteiger charge is -2.17. The number of carbonyl (C=O) groups excluding carboxylic acids is 4. The van der Waals surface area contributed by atoms with Gasteiger partial charge in [-0.05, 0) is 36.8 Å². The highest BCUT2D eigenvalue weighted by Crippen LogP contribution is 2.24. The minimum atomic E-state index is -0.539. The molecule has 1 aliphatic rings. The molecule has 0 fully saturated rings. The van der Waals surface area contributed by atoms with Gasteiger partial charge in [-0.15, -0.1) is 0 Å². The quantitative estimate of drug-likeness (QED) is 0.614. The molecule has 7 heteroatoms. The molecule has 2 aromatic rings. The maximum Gasteiger partial charge on any atom is 0.308 e. The van der Waals surface area contributed by atoms with Crippen LogP contribution in [0, 0.1) is 0 Å². The monoisotopic (exact) mass is 380 g/mol. The van der Waals surface area contributed by atoms with Crippen LogP contribution in [0.3, 0.4) is 0 Å². The van der Waals surface area contributed by atoms with Crippen LogP contribution < -0.4 is 5.32 Å². The van der Waals surface area contributed by atoms with E-state index in [2.05, 4.69) is 5.32 Å². The van der Waals surface area contributed by atoms with Gasteiger partial charge < -0.3 is 10.1 Å².